The highest BCUT2D eigenvalue weighted by Gasteiger charge is 2.23. The maximum absolute atomic E-state index is 5.91. The molecular weight excluding hydrogens is 364 g/mol. The maximum Gasteiger partial charge on any atom is 0.241 e. The zero-order valence-corrected chi connectivity index (χ0v) is 17.0. The van der Waals surface area contributed by atoms with Crippen LogP contribution in [0.4, 0.5) is 17.6 Å². The lowest BCUT2D eigenvalue weighted by atomic mass is 9.93. The number of nitrogens with zero attached hydrogens (tertiary/aromatic N) is 6. The zero-order valence-electron chi connectivity index (χ0n) is 17.0. The van der Waals surface area contributed by atoms with Crippen molar-refractivity contribution in [2.24, 2.45) is 5.92 Å². The van der Waals surface area contributed by atoms with Crippen LogP contribution >= 0.6 is 0 Å². The summed E-state index contributed by atoms with van der Waals surface area (Å²) in [6, 6.07) is 9.74. The molecular formula is C21H28N8. The van der Waals surface area contributed by atoms with Crippen molar-refractivity contribution in [3.63, 3.8) is 0 Å². The Morgan fingerprint density at radius 1 is 1.10 bits per heavy atom. The van der Waals surface area contributed by atoms with Gasteiger partial charge < -0.3 is 16.0 Å². The van der Waals surface area contributed by atoms with Gasteiger partial charge in [0.1, 0.15) is 6.33 Å². The predicted molar refractivity (Wildman–Crippen MR) is 114 cm³/mol. The molecule has 152 valence electrons. The molecule has 1 fully saturated rings. The summed E-state index contributed by atoms with van der Waals surface area (Å²) in [7, 11) is 0. The van der Waals surface area contributed by atoms with E-state index in [4.69, 9.17) is 5.73 Å². The highest BCUT2D eigenvalue weighted by Crippen LogP contribution is 2.27. The first kappa shape index (κ1) is 19.3. The van der Waals surface area contributed by atoms with E-state index in [-0.39, 0.29) is 5.95 Å². The minimum Gasteiger partial charge on any atom is -0.368 e. The number of aromatic nitrogens is 5. The molecule has 0 unspecified atom stereocenters. The molecule has 8 heteroatoms. The van der Waals surface area contributed by atoms with Crippen LogP contribution < -0.4 is 11.1 Å². The van der Waals surface area contributed by atoms with Crippen LogP contribution in [0, 0.1) is 5.92 Å². The van der Waals surface area contributed by atoms with Crippen molar-refractivity contribution >= 4 is 17.6 Å². The number of anilines is 3. The summed E-state index contributed by atoms with van der Waals surface area (Å²) in [6.45, 7) is 7.96. The molecule has 0 saturated carbocycles. The fraction of sp³-hybridized carbons (Fsp3) is 0.429. The Bertz CT molecular complexity index is 929. The Kier molecular flexibility index (Phi) is 5.71. The van der Waals surface area contributed by atoms with E-state index in [9.17, 15) is 0 Å². The normalized spacial score (nSPS) is 15.7. The second-order valence-electron chi connectivity index (χ2n) is 7.98. The fourth-order valence-corrected chi connectivity index (χ4v) is 3.79. The van der Waals surface area contributed by atoms with Gasteiger partial charge in [0, 0.05) is 24.3 Å². The summed E-state index contributed by atoms with van der Waals surface area (Å²) in [5, 5.41) is 3.16. The molecule has 8 nitrogen and oxygen atoms in total. The van der Waals surface area contributed by atoms with Crippen molar-refractivity contribution < 1.29 is 0 Å². The quantitative estimate of drug-likeness (QED) is 0.664. The number of nitrogen functional groups attached to an aromatic ring is 1. The fourth-order valence-electron chi connectivity index (χ4n) is 3.79. The largest absolute Gasteiger partial charge is 0.368 e. The number of benzene rings is 1. The molecule has 0 spiro atoms. The molecule has 3 N–H and O–H groups in total. The Hall–Kier alpha value is -3.00. The van der Waals surface area contributed by atoms with Gasteiger partial charge in [-0.3, -0.25) is 4.57 Å². The monoisotopic (exact) mass is 392 g/mol. The third kappa shape index (κ3) is 4.89. The number of nitrogens with two attached hydrogens (primary N) is 1. The molecule has 1 aromatic carbocycles. The van der Waals surface area contributed by atoms with Gasteiger partial charge in [-0.2, -0.15) is 15.0 Å². The van der Waals surface area contributed by atoms with E-state index < -0.39 is 0 Å². The summed E-state index contributed by atoms with van der Waals surface area (Å²) < 4.78 is 1.82. The molecule has 0 bridgehead atoms. The predicted octanol–water partition coefficient (Wildman–Crippen LogP) is 3.22. The van der Waals surface area contributed by atoms with Gasteiger partial charge in [-0.15, -0.1) is 0 Å². The third-order valence-electron chi connectivity index (χ3n) is 5.13. The van der Waals surface area contributed by atoms with Crippen LogP contribution in [-0.4, -0.2) is 49.0 Å². The van der Waals surface area contributed by atoms with Crippen LogP contribution in [0.3, 0.4) is 0 Å². The first-order valence-corrected chi connectivity index (χ1v) is 10.2. The number of piperidine rings is 1. The lowest BCUT2D eigenvalue weighted by molar-refractivity contribution is 0.191. The summed E-state index contributed by atoms with van der Waals surface area (Å²) in [4.78, 5) is 20.1. The molecule has 29 heavy (non-hydrogen) atoms. The summed E-state index contributed by atoms with van der Waals surface area (Å²) >= 11 is 0. The van der Waals surface area contributed by atoms with Crippen LogP contribution in [0.2, 0.25) is 0 Å². The van der Waals surface area contributed by atoms with Crippen LogP contribution in [-0.2, 0) is 0 Å². The molecule has 0 atom stereocenters. The lowest BCUT2D eigenvalue weighted by Gasteiger charge is -2.32. The van der Waals surface area contributed by atoms with Crippen molar-refractivity contribution in [2.45, 2.75) is 32.6 Å². The zero-order chi connectivity index (χ0) is 20.2. The molecule has 0 aliphatic carbocycles. The van der Waals surface area contributed by atoms with Crippen molar-refractivity contribution in [1.82, 2.24) is 29.4 Å². The average molecular weight is 393 g/mol. The van der Waals surface area contributed by atoms with Crippen LogP contribution in [0.25, 0.3) is 5.95 Å². The number of rotatable bonds is 6. The van der Waals surface area contributed by atoms with Gasteiger partial charge in [0.15, 0.2) is 0 Å². The SMILES string of the molecule is CC(C)CN1CCC(c2cn(-c3nc(N)nc(Nc4ccccc4)n3)cn2)CC1. The smallest absolute Gasteiger partial charge is 0.241 e. The number of likely N-dealkylation sites (tertiary alicyclic amines) is 1. The van der Waals surface area contributed by atoms with Crippen LogP contribution in [0.1, 0.15) is 38.3 Å². The van der Waals surface area contributed by atoms with E-state index in [2.05, 4.69) is 44.0 Å². The Morgan fingerprint density at radius 3 is 2.59 bits per heavy atom. The van der Waals surface area contributed by atoms with Crippen molar-refractivity contribution in [2.75, 3.05) is 30.7 Å². The van der Waals surface area contributed by atoms with Gasteiger partial charge in [0.05, 0.1) is 5.69 Å². The molecule has 3 heterocycles. The third-order valence-corrected chi connectivity index (χ3v) is 5.13. The van der Waals surface area contributed by atoms with E-state index in [1.165, 1.54) is 6.54 Å². The van der Waals surface area contributed by atoms with E-state index in [0.29, 0.717) is 23.7 Å². The standard InChI is InChI=1S/C21H28N8/c1-15(2)12-28-10-8-16(9-11-28)18-13-29(14-23-18)21-26-19(22)25-20(27-21)24-17-6-4-3-5-7-17/h3-7,13-16H,8-12H2,1-2H3,(H3,22,24,25,26,27). The highest BCUT2D eigenvalue weighted by molar-refractivity contribution is 5.53. The highest BCUT2D eigenvalue weighted by atomic mass is 15.3. The lowest BCUT2D eigenvalue weighted by Crippen LogP contribution is -2.35. The first-order valence-electron chi connectivity index (χ1n) is 10.2. The summed E-state index contributed by atoms with van der Waals surface area (Å²) in [5.74, 6) is 2.23. The summed E-state index contributed by atoms with van der Waals surface area (Å²) in [6.07, 6.45) is 6.04. The maximum atomic E-state index is 5.91. The van der Waals surface area contributed by atoms with Crippen LogP contribution in [0.5, 0.6) is 0 Å². The van der Waals surface area contributed by atoms with Gasteiger partial charge >= 0.3 is 0 Å². The number of nitrogens with one attached hydrogen (secondary N) is 1. The van der Waals surface area contributed by atoms with Crippen molar-refractivity contribution in [3.05, 3.63) is 48.5 Å². The van der Waals surface area contributed by atoms with Crippen LogP contribution in [0.15, 0.2) is 42.9 Å². The minimum atomic E-state index is 0.172. The second kappa shape index (κ2) is 8.57. The van der Waals surface area contributed by atoms with Crippen molar-refractivity contribution in [3.8, 4) is 5.95 Å². The Balaban J connectivity index is 1.47. The molecule has 1 aliphatic rings. The number of hydrogen-bond acceptors (Lipinski definition) is 7. The Labute approximate surface area is 171 Å². The Morgan fingerprint density at radius 2 is 1.86 bits per heavy atom. The van der Waals surface area contributed by atoms with E-state index >= 15 is 0 Å². The molecule has 3 aromatic rings. The van der Waals surface area contributed by atoms with E-state index in [0.717, 1.165) is 37.3 Å². The van der Waals surface area contributed by atoms with Crippen molar-refractivity contribution in [1.29, 1.82) is 0 Å². The molecule has 1 aliphatic heterocycles. The number of imidazole rings is 1. The molecule has 4 rings (SSSR count). The summed E-state index contributed by atoms with van der Waals surface area (Å²) in [5.41, 5.74) is 7.89. The van der Waals surface area contributed by atoms with Gasteiger partial charge in [-0.1, -0.05) is 32.0 Å². The van der Waals surface area contributed by atoms with Gasteiger partial charge in [0.25, 0.3) is 0 Å². The topological polar surface area (TPSA) is 97.8 Å². The molecule has 0 amide bonds. The molecule has 0 radical (unpaired) electrons. The van der Waals surface area contributed by atoms with Gasteiger partial charge in [-0.05, 0) is 44.0 Å². The van der Waals surface area contributed by atoms with E-state index in [1.54, 1.807) is 6.33 Å². The second-order valence-corrected chi connectivity index (χ2v) is 7.98. The van der Waals surface area contributed by atoms with Gasteiger partial charge in [-0.25, -0.2) is 4.98 Å². The molecule has 1 saturated heterocycles. The number of hydrogen-bond donors (Lipinski definition) is 2. The first-order chi connectivity index (χ1) is 14.1. The number of para-hydroxylation sites is 1. The average Bonchev–Trinajstić information content (AvgIpc) is 3.19. The van der Waals surface area contributed by atoms with Gasteiger partial charge in [0.2, 0.25) is 17.8 Å². The van der Waals surface area contributed by atoms with E-state index in [1.807, 2.05) is 41.1 Å². The molecule has 2 aromatic heterocycles. The minimum absolute atomic E-state index is 0.172.